The van der Waals surface area contributed by atoms with Gasteiger partial charge in [0.05, 0.1) is 5.69 Å². The van der Waals surface area contributed by atoms with Crippen LogP contribution in [-0.4, -0.2) is 40.2 Å². The fraction of sp³-hybridized carbons (Fsp3) is 0.471. The molecule has 1 fully saturated rings. The number of rotatable bonds is 4. The molecule has 0 atom stereocenters. The van der Waals surface area contributed by atoms with Crippen LogP contribution in [0, 0.1) is 0 Å². The average Bonchev–Trinajstić information content (AvgIpc) is 2.91. The number of nitrogens with zero attached hydrogens (tertiary/aromatic N) is 3. The molecule has 0 spiro atoms. The van der Waals surface area contributed by atoms with Crippen molar-refractivity contribution in [1.82, 2.24) is 19.4 Å². The van der Waals surface area contributed by atoms with Crippen LogP contribution in [0.1, 0.15) is 25.5 Å². The molecule has 118 valence electrons. The van der Waals surface area contributed by atoms with Gasteiger partial charge in [-0.1, -0.05) is 18.2 Å². The topological polar surface area (TPSA) is 42.2 Å². The van der Waals surface area contributed by atoms with Gasteiger partial charge in [0.2, 0.25) is 0 Å². The highest BCUT2D eigenvalue weighted by atomic mass is 16.1. The summed E-state index contributed by atoms with van der Waals surface area (Å²) < 4.78 is 3.53. The Bertz CT molecular complexity index is 680. The molecule has 0 unspecified atom stereocenters. The van der Waals surface area contributed by atoms with Gasteiger partial charge in [0, 0.05) is 51.2 Å². The first kappa shape index (κ1) is 15.1. The Morgan fingerprint density at radius 3 is 2.55 bits per heavy atom. The van der Waals surface area contributed by atoms with E-state index in [1.54, 1.807) is 9.13 Å². The van der Waals surface area contributed by atoms with E-state index in [0.717, 1.165) is 38.4 Å². The van der Waals surface area contributed by atoms with E-state index in [4.69, 9.17) is 0 Å². The Labute approximate surface area is 131 Å². The molecule has 5 heteroatoms. The molecule has 1 N–H and O–H groups in total. The Kier molecular flexibility index (Phi) is 4.45. The fourth-order valence-corrected chi connectivity index (χ4v) is 2.96. The van der Waals surface area contributed by atoms with E-state index in [1.165, 1.54) is 5.56 Å². The monoisotopic (exact) mass is 300 g/mol. The van der Waals surface area contributed by atoms with Gasteiger partial charge in [-0.25, -0.2) is 4.79 Å². The van der Waals surface area contributed by atoms with Crippen molar-refractivity contribution >= 4 is 0 Å². The van der Waals surface area contributed by atoms with E-state index < -0.39 is 0 Å². The normalized spacial score (nSPS) is 16.3. The maximum atomic E-state index is 12.6. The molecular weight excluding hydrogens is 276 g/mol. The summed E-state index contributed by atoms with van der Waals surface area (Å²) in [5.74, 6) is 0. The van der Waals surface area contributed by atoms with Crippen LogP contribution >= 0.6 is 0 Å². The summed E-state index contributed by atoms with van der Waals surface area (Å²) >= 11 is 0. The maximum absolute atomic E-state index is 12.6. The van der Waals surface area contributed by atoms with Crippen molar-refractivity contribution in [3.63, 3.8) is 0 Å². The molecule has 1 aromatic heterocycles. The third kappa shape index (κ3) is 3.00. The van der Waals surface area contributed by atoms with Gasteiger partial charge in [-0.15, -0.1) is 0 Å². The molecule has 3 rings (SSSR count). The predicted molar refractivity (Wildman–Crippen MR) is 88.6 cm³/mol. The van der Waals surface area contributed by atoms with Crippen molar-refractivity contribution in [2.45, 2.75) is 26.4 Å². The smallest absolute Gasteiger partial charge is 0.314 e. The molecule has 2 aromatic rings. The molecule has 1 aliphatic rings. The summed E-state index contributed by atoms with van der Waals surface area (Å²) in [4.78, 5) is 15.0. The van der Waals surface area contributed by atoms with Gasteiger partial charge in [-0.3, -0.25) is 14.0 Å². The van der Waals surface area contributed by atoms with Gasteiger partial charge in [0.25, 0.3) is 0 Å². The number of para-hydroxylation sites is 1. The quantitative estimate of drug-likeness (QED) is 0.933. The Morgan fingerprint density at radius 1 is 1.14 bits per heavy atom. The molecule has 0 radical (unpaired) electrons. The van der Waals surface area contributed by atoms with E-state index in [0.29, 0.717) is 0 Å². The molecule has 0 aliphatic carbocycles. The number of imidazole rings is 1. The maximum Gasteiger partial charge on any atom is 0.332 e. The standard InChI is InChI=1S/C17H24N4O/c1-14(2)20-11-12-21(17(20)22)16-6-4-3-5-15(16)13-19-9-7-18-8-10-19/h3-6,11-12,14,18H,7-10,13H2,1-2H3. The second-order valence-electron chi connectivity index (χ2n) is 6.11. The van der Waals surface area contributed by atoms with Crippen molar-refractivity contribution < 1.29 is 0 Å². The SMILES string of the molecule is CC(C)n1ccn(-c2ccccc2CN2CCNCC2)c1=O. The Hall–Kier alpha value is -1.85. The third-order valence-corrected chi connectivity index (χ3v) is 4.21. The molecule has 0 saturated carbocycles. The van der Waals surface area contributed by atoms with Crippen molar-refractivity contribution in [1.29, 1.82) is 0 Å². The third-order valence-electron chi connectivity index (χ3n) is 4.21. The molecule has 2 heterocycles. The summed E-state index contributed by atoms with van der Waals surface area (Å²) in [5, 5.41) is 3.37. The number of benzene rings is 1. The summed E-state index contributed by atoms with van der Waals surface area (Å²) in [7, 11) is 0. The molecule has 5 nitrogen and oxygen atoms in total. The molecule has 22 heavy (non-hydrogen) atoms. The van der Waals surface area contributed by atoms with E-state index >= 15 is 0 Å². The van der Waals surface area contributed by atoms with Crippen molar-refractivity contribution in [2.75, 3.05) is 26.2 Å². The minimum atomic E-state index is 0.0303. The van der Waals surface area contributed by atoms with Crippen LogP contribution in [0.25, 0.3) is 5.69 Å². The summed E-state index contributed by atoms with van der Waals surface area (Å²) in [6, 6.07) is 8.37. The van der Waals surface area contributed by atoms with Gasteiger partial charge in [-0.05, 0) is 25.5 Å². The van der Waals surface area contributed by atoms with E-state index in [9.17, 15) is 4.79 Å². The van der Waals surface area contributed by atoms with E-state index in [1.807, 2.05) is 44.4 Å². The van der Waals surface area contributed by atoms with Gasteiger partial charge in [0.1, 0.15) is 0 Å². The zero-order chi connectivity index (χ0) is 15.5. The first-order valence-corrected chi connectivity index (χ1v) is 7.97. The highest BCUT2D eigenvalue weighted by Crippen LogP contribution is 2.16. The summed E-state index contributed by atoms with van der Waals surface area (Å²) in [6.45, 7) is 9.11. The van der Waals surface area contributed by atoms with Gasteiger partial charge in [0.15, 0.2) is 0 Å². The second-order valence-corrected chi connectivity index (χ2v) is 6.11. The van der Waals surface area contributed by atoms with E-state index in [-0.39, 0.29) is 11.7 Å². The van der Waals surface area contributed by atoms with Gasteiger partial charge < -0.3 is 5.32 Å². The largest absolute Gasteiger partial charge is 0.332 e. The zero-order valence-corrected chi connectivity index (χ0v) is 13.3. The van der Waals surface area contributed by atoms with Crippen LogP contribution < -0.4 is 11.0 Å². The lowest BCUT2D eigenvalue weighted by Crippen LogP contribution is -2.43. The minimum absolute atomic E-state index is 0.0303. The van der Waals surface area contributed by atoms with Crippen molar-refractivity contribution in [3.8, 4) is 5.69 Å². The van der Waals surface area contributed by atoms with E-state index in [2.05, 4.69) is 16.3 Å². The number of hydrogen-bond acceptors (Lipinski definition) is 3. The van der Waals surface area contributed by atoms with Crippen LogP contribution in [0.15, 0.2) is 41.5 Å². The Morgan fingerprint density at radius 2 is 1.86 bits per heavy atom. The Balaban J connectivity index is 1.92. The lowest BCUT2D eigenvalue weighted by molar-refractivity contribution is 0.233. The lowest BCUT2D eigenvalue weighted by atomic mass is 10.1. The van der Waals surface area contributed by atoms with Crippen LogP contribution in [0.2, 0.25) is 0 Å². The number of hydrogen-bond donors (Lipinski definition) is 1. The average molecular weight is 300 g/mol. The number of aromatic nitrogens is 2. The highest BCUT2D eigenvalue weighted by molar-refractivity contribution is 5.41. The molecule has 1 aromatic carbocycles. The van der Waals surface area contributed by atoms with Gasteiger partial charge >= 0.3 is 5.69 Å². The van der Waals surface area contributed by atoms with Crippen LogP contribution in [0.5, 0.6) is 0 Å². The van der Waals surface area contributed by atoms with Gasteiger partial charge in [-0.2, -0.15) is 0 Å². The van der Waals surface area contributed by atoms with Crippen molar-refractivity contribution in [3.05, 3.63) is 52.7 Å². The van der Waals surface area contributed by atoms with Crippen LogP contribution in [-0.2, 0) is 6.54 Å². The predicted octanol–water partition coefficient (Wildman–Crippen LogP) is 1.63. The van der Waals surface area contributed by atoms with Crippen LogP contribution in [0.3, 0.4) is 0 Å². The molecule has 0 bridgehead atoms. The summed E-state index contributed by atoms with van der Waals surface area (Å²) in [6.07, 6.45) is 3.74. The summed E-state index contributed by atoms with van der Waals surface area (Å²) in [5.41, 5.74) is 2.22. The fourth-order valence-electron chi connectivity index (χ4n) is 2.96. The number of piperazine rings is 1. The first-order chi connectivity index (χ1) is 10.7. The molecule has 0 amide bonds. The lowest BCUT2D eigenvalue weighted by Gasteiger charge is -2.27. The minimum Gasteiger partial charge on any atom is -0.314 e. The van der Waals surface area contributed by atoms with Crippen LogP contribution in [0.4, 0.5) is 0 Å². The molecule has 1 saturated heterocycles. The highest BCUT2D eigenvalue weighted by Gasteiger charge is 2.14. The molecule has 1 aliphatic heterocycles. The number of nitrogens with one attached hydrogen (secondary N) is 1. The first-order valence-electron chi connectivity index (χ1n) is 7.97. The van der Waals surface area contributed by atoms with Crippen molar-refractivity contribution in [2.24, 2.45) is 0 Å². The zero-order valence-electron chi connectivity index (χ0n) is 13.3. The second kappa shape index (κ2) is 6.50. The molecular formula is C17H24N4O.